The predicted molar refractivity (Wildman–Crippen MR) is 113 cm³/mol. The normalized spacial score (nSPS) is 19.9. The second kappa shape index (κ2) is 9.78. The number of carbonyl (C=O) groups is 2. The van der Waals surface area contributed by atoms with Gasteiger partial charge >= 0.3 is 5.97 Å². The Morgan fingerprint density at radius 3 is 2.45 bits per heavy atom. The molecule has 1 aromatic heterocycles. The van der Waals surface area contributed by atoms with Crippen molar-refractivity contribution in [2.24, 2.45) is 17.8 Å². The third-order valence-electron chi connectivity index (χ3n) is 5.35. The number of hydrogen-bond donors (Lipinski definition) is 0. The van der Waals surface area contributed by atoms with Crippen molar-refractivity contribution >= 4 is 18.0 Å². The molecule has 158 valence electrons. The average molecular weight is 400 g/mol. The first kappa shape index (κ1) is 22.7. The van der Waals surface area contributed by atoms with Gasteiger partial charge in [-0.05, 0) is 55.7 Å². The lowest BCUT2D eigenvalue weighted by Gasteiger charge is -2.34. The Hall–Kier alpha value is -2.55. The largest absolute Gasteiger partial charge is 0.451 e. The average Bonchev–Trinajstić information content (AvgIpc) is 2.90. The SMILES string of the molecule is Cc1cc(/C=C(\C#N)C(=O)OCC(=O)N2C[C@H](C)C[C@@H](C)C2)c(C)n1CC(C)C. The fourth-order valence-corrected chi connectivity index (χ4v) is 4.08. The Balaban J connectivity index is 2.05. The van der Waals surface area contributed by atoms with Gasteiger partial charge in [-0.15, -0.1) is 0 Å². The summed E-state index contributed by atoms with van der Waals surface area (Å²) < 4.78 is 7.35. The minimum atomic E-state index is -0.757. The van der Waals surface area contributed by atoms with E-state index in [0.29, 0.717) is 30.8 Å². The number of piperidine rings is 1. The van der Waals surface area contributed by atoms with E-state index in [9.17, 15) is 14.9 Å². The monoisotopic (exact) mass is 399 g/mol. The molecule has 1 saturated heterocycles. The molecule has 0 unspecified atom stereocenters. The zero-order chi connectivity index (χ0) is 21.7. The van der Waals surface area contributed by atoms with Crippen LogP contribution < -0.4 is 0 Å². The van der Waals surface area contributed by atoms with Crippen LogP contribution in [-0.4, -0.2) is 41.0 Å². The second-order valence-electron chi connectivity index (χ2n) is 8.82. The van der Waals surface area contributed by atoms with Crippen LogP contribution in [0.3, 0.4) is 0 Å². The summed E-state index contributed by atoms with van der Waals surface area (Å²) in [5.41, 5.74) is 2.81. The van der Waals surface area contributed by atoms with Crippen LogP contribution in [0.1, 0.15) is 51.1 Å². The minimum absolute atomic E-state index is 0.0945. The molecule has 29 heavy (non-hydrogen) atoms. The van der Waals surface area contributed by atoms with E-state index in [4.69, 9.17) is 4.74 Å². The van der Waals surface area contributed by atoms with Crippen molar-refractivity contribution in [3.63, 3.8) is 0 Å². The summed E-state index contributed by atoms with van der Waals surface area (Å²) in [6, 6.07) is 3.88. The molecule has 6 nitrogen and oxygen atoms in total. The number of likely N-dealkylation sites (tertiary alicyclic amines) is 1. The van der Waals surface area contributed by atoms with E-state index in [1.807, 2.05) is 26.0 Å². The lowest BCUT2D eigenvalue weighted by Crippen LogP contribution is -2.44. The maximum atomic E-state index is 12.4. The van der Waals surface area contributed by atoms with Crippen LogP contribution >= 0.6 is 0 Å². The molecule has 1 aliphatic rings. The Bertz CT molecular complexity index is 819. The number of aryl methyl sites for hydroxylation is 1. The number of hydrogen-bond acceptors (Lipinski definition) is 4. The summed E-state index contributed by atoms with van der Waals surface area (Å²) >= 11 is 0. The fourth-order valence-electron chi connectivity index (χ4n) is 4.08. The summed E-state index contributed by atoms with van der Waals surface area (Å²) in [4.78, 5) is 26.5. The Morgan fingerprint density at radius 2 is 1.90 bits per heavy atom. The molecule has 2 atom stereocenters. The van der Waals surface area contributed by atoms with Crippen molar-refractivity contribution in [1.82, 2.24) is 9.47 Å². The van der Waals surface area contributed by atoms with Crippen molar-refractivity contribution in [1.29, 1.82) is 5.26 Å². The van der Waals surface area contributed by atoms with E-state index < -0.39 is 5.97 Å². The van der Waals surface area contributed by atoms with Crippen LogP contribution in [0.15, 0.2) is 11.6 Å². The molecule has 1 aromatic rings. The molecule has 1 fully saturated rings. The molecule has 6 heteroatoms. The van der Waals surface area contributed by atoms with Crippen LogP contribution in [0.25, 0.3) is 6.08 Å². The van der Waals surface area contributed by atoms with Crippen LogP contribution in [0.2, 0.25) is 0 Å². The number of ether oxygens (including phenoxy) is 1. The quantitative estimate of drug-likeness (QED) is 0.415. The van der Waals surface area contributed by atoms with Gasteiger partial charge in [-0.25, -0.2) is 4.79 Å². The minimum Gasteiger partial charge on any atom is -0.451 e. The number of esters is 1. The van der Waals surface area contributed by atoms with Crippen molar-refractivity contribution in [2.45, 2.75) is 54.5 Å². The highest BCUT2D eigenvalue weighted by atomic mass is 16.5. The highest BCUT2D eigenvalue weighted by Gasteiger charge is 2.26. The molecule has 0 spiro atoms. The molecule has 1 amide bonds. The number of carbonyl (C=O) groups excluding carboxylic acids is 2. The highest BCUT2D eigenvalue weighted by molar-refractivity contribution is 5.99. The van der Waals surface area contributed by atoms with Crippen LogP contribution in [0.5, 0.6) is 0 Å². The van der Waals surface area contributed by atoms with E-state index in [0.717, 1.165) is 29.9 Å². The lowest BCUT2D eigenvalue weighted by atomic mass is 9.92. The molecular formula is C23H33N3O3. The lowest BCUT2D eigenvalue weighted by molar-refractivity contribution is -0.149. The summed E-state index contributed by atoms with van der Waals surface area (Å²) in [7, 11) is 0. The molecule has 0 aliphatic carbocycles. The molecular weight excluding hydrogens is 366 g/mol. The number of nitriles is 1. The van der Waals surface area contributed by atoms with Crippen molar-refractivity contribution in [3.8, 4) is 6.07 Å². The third-order valence-corrected chi connectivity index (χ3v) is 5.35. The maximum Gasteiger partial charge on any atom is 0.349 e. The van der Waals surface area contributed by atoms with Gasteiger partial charge in [0.25, 0.3) is 5.91 Å². The van der Waals surface area contributed by atoms with E-state index in [1.165, 1.54) is 0 Å². The standard InChI is InChI=1S/C23H33N3O3/c1-15(2)11-26-18(5)8-20(19(26)6)9-21(10-24)23(28)29-14-22(27)25-12-16(3)7-17(4)13-25/h8-9,15-17H,7,11-14H2,1-6H3/b21-9+/t16-,17-/m1/s1. The smallest absolute Gasteiger partial charge is 0.349 e. The van der Waals surface area contributed by atoms with Gasteiger partial charge < -0.3 is 14.2 Å². The summed E-state index contributed by atoms with van der Waals surface area (Å²) in [6.45, 7) is 14.4. The Morgan fingerprint density at radius 1 is 1.28 bits per heavy atom. The topological polar surface area (TPSA) is 75.3 Å². The Labute approximate surface area is 174 Å². The van der Waals surface area contributed by atoms with Gasteiger partial charge in [-0.1, -0.05) is 27.7 Å². The van der Waals surface area contributed by atoms with Crippen molar-refractivity contribution in [3.05, 3.63) is 28.6 Å². The molecule has 2 heterocycles. The van der Waals surface area contributed by atoms with E-state index in [2.05, 4.69) is 32.3 Å². The zero-order valence-electron chi connectivity index (χ0n) is 18.5. The number of nitrogens with zero attached hydrogens (tertiary/aromatic N) is 3. The summed E-state index contributed by atoms with van der Waals surface area (Å²) in [5, 5.41) is 9.43. The molecule has 0 saturated carbocycles. The van der Waals surface area contributed by atoms with Crippen molar-refractivity contribution in [2.75, 3.05) is 19.7 Å². The Kier molecular flexibility index (Phi) is 7.66. The van der Waals surface area contributed by atoms with Gasteiger partial charge in [0, 0.05) is 31.0 Å². The van der Waals surface area contributed by atoms with Gasteiger partial charge in [0.2, 0.25) is 0 Å². The zero-order valence-corrected chi connectivity index (χ0v) is 18.5. The third kappa shape index (κ3) is 5.96. The predicted octanol–water partition coefficient (Wildman–Crippen LogP) is 3.72. The van der Waals surface area contributed by atoms with Gasteiger partial charge in [-0.2, -0.15) is 5.26 Å². The van der Waals surface area contributed by atoms with E-state index in [1.54, 1.807) is 11.0 Å². The fraction of sp³-hybridized carbons (Fsp3) is 0.609. The maximum absolute atomic E-state index is 12.4. The number of amides is 1. The summed E-state index contributed by atoms with van der Waals surface area (Å²) in [6.07, 6.45) is 2.65. The van der Waals surface area contributed by atoms with Crippen LogP contribution in [0.4, 0.5) is 0 Å². The van der Waals surface area contributed by atoms with Crippen molar-refractivity contribution < 1.29 is 14.3 Å². The summed E-state index contributed by atoms with van der Waals surface area (Å²) in [5.74, 6) is 0.406. The van der Waals surface area contributed by atoms with E-state index >= 15 is 0 Å². The highest BCUT2D eigenvalue weighted by Crippen LogP contribution is 2.22. The van der Waals surface area contributed by atoms with Crippen LogP contribution in [0, 0.1) is 42.9 Å². The second-order valence-corrected chi connectivity index (χ2v) is 8.82. The molecule has 0 aromatic carbocycles. The van der Waals surface area contributed by atoms with Gasteiger partial charge in [-0.3, -0.25) is 4.79 Å². The molecule has 2 rings (SSSR count). The van der Waals surface area contributed by atoms with Gasteiger partial charge in [0.1, 0.15) is 11.6 Å². The molecule has 0 N–H and O–H groups in total. The first-order chi connectivity index (χ1) is 13.6. The van der Waals surface area contributed by atoms with Gasteiger partial charge in [0.05, 0.1) is 0 Å². The van der Waals surface area contributed by atoms with E-state index in [-0.39, 0.29) is 18.1 Å². The van der Waals surface area contributed by atoms with Gasteiger partial charge in [0.15, 0.2) is 6.61 Å². The van der Waals surface area contributed by atoms with Crippen LogP contribution in [-0.2, 0) is 20.9 Å². The first-order valence-corrected chi connectivity index (χ1v) is 10.4. The molecule has 0 bridgehead atoms. The number of aromatic nitrogens is 1. The first-order valence-electron chi connectivity index (χ1n) is 10.4. The molecule has 1 aliphatic heterocycles. The molecule has 0 radical (unpaired) electrons. The number of rotatable bonds is 6.